The van der Waals surface area contributed by atoms with Crippen molar-refractivity contribution in [1.82, 2.24) is 10.2 Å². The molecule has 2 aromatic rings. The first-order valence-corrected chi connectivity index (χ1v) is 7.67. The highest BCUT2D eigenvalue weighted by Crippen LogP contribution is 2.41. The third kappa shape index (κ3) is 2.75. The van der Waals surface area contributed by atoms with Crippen LogP contribution in [0.2, 0.25) is 0 Å². The molecule has 0 spiro atoms. The van der Waals surface area contributed by atoms with Crippen LogP contribution in [0.1, 0.15) is 44.2 Å². The number of benzene rings is 1. The maximum atomic E-state index is 6.12. The number of nitrogens with zero attached hydrogens (tertiary/aromatic N) is 1. The molecule has 1 aliphatic carbocycles. The number of methoxy groups -OCH3 is 1. The molecule has 1 aromatic heterocycles. The van der Waals surface area contributed by atoms with Crippen molar-refractivity contribution in [2.75, 3.05) is 12.8 Å². The molecule has 3 rings (SSSR count). The van der Waals surface area contributed by atoms with Crippen LogP contribution in [0, 0.1) is 5.92 Å². The molecule has 0 unspecified atom stereocenters. The molecular formula is C17H23N3O. The minimum absolute atomic E-state index is 0.534. The average Bonchev–Trinajstić information content (AvgIpc) is 2.90. The third-order valence-electron chi connectivity index (χ3n) is 4.60. The number of anilines is 1. The predicted molar refractivity (Wildman–Crippen MR) is 85.4 cm³/mol. The number of aromatic amines is 1. The number of ether oxygens (including phenoxy) is 1. The van der Waals surface area contributed by atoms with E-state index in [1.807, 2.05) is 18.2 Å². The lowest BCUT2D eigenvalue weighted by molar-refractivity contribution is 0.344. The quantitative estimate of drug-likeness (QED) is 0.897. The van der Waals surface area contributed by atoms with Crippen molar-refractivity contribution in [3.63, 3.8) is 0 Å². The van der Waals surface area contributed by atoms with Gasteiger partial charge in [-0.25, -0.2) is 0 Å². The fourth-order valence-electron chi connectivity index (χ4n) is 3.30. The molecule has 21 heavy (non-hydrogen) atoms. The normalized spacial score (nSPS) is 22.2. The molecule has 0 atom stereocenters. The number of H-pyrrole nitrogens is 1. The lowest BCUT2D eigenvalue weighted by Gasteiger charge is -2.26. The van der Waals surface area contributed by atoms with Gasteiger partial charge in [-0.05, 0) is 36.5 Å². The number of nitrogen functional groups attached to an aromatic ring is 1. The highest BCUT2D eigenvalue weighted by Gasteiger charge is 2.25. The van der Waals surface area contributed by atoms with Crippen LogP contribution < -0.4 is 10.5 Å². The van der Waals surface area contributed by atoms with Crippen LogP contribution in [0.4, 0.5) is 5.82 Å². The molecule has 1 fully saturated rings. The molecule has 0 radical (unpaired) electrons. The molecule has 1 heterocycles. The van der Waals surface area contributed by atoms with E-state index >= 15 is 0 Å². The van der Waals surface area contributed by atoms with E-state index in [1.165, 1.54) is 31.4 Å². The van der Waals surface area contributed by atoms with E-state index < -0.39 is 0 Å². The first-order chi connectivity index (χ1) is 10.2. The fourth-order valence-corrected chi connectivity index (χ4v) is 3.30. The minimum Gasteiger partial charge on any atom is -0.497 e. The van der Waals surface area contributed by atoms with Crippen LogP contribution >= 0.6 is 0 Å². The van der Waals surface area contributed by atoms with Crippen LogP contribution in [0.3, 0.4) is 0 Å². The van der Waals surface area contributed by atoms with Crippen molar-refractivity contribution >= 4 is 5.82 Å². The molecule has 1 aliphatic rings. The van der Waals surface area contributed by atoms with E-state index in [2.05, 4.69) is 23.2 Å². The summed E-state index contributed by atoms with van der Waals surface area (Å²) in [5.41, 5.74) is 9.43. The second-order valence-electron chi connectivity index (χ2n) is 6.09. The van der Waals surface area contributed by atoms with Crippen molar-refractivity contribution < 1.29 is 4.74 Å². The predicted octanol–water partition coefficient (Wildman–Crippen LogP) is 3.96. The summed E-state index contributed by atoms with van der Waals surface area (Å²) in [6, 6.07) is 8.03. The van der Waals surface area contributed by atoms with E-state index in [0.717, 1.165) is 22.8 Å². The summed E-state index contributed by atoms with van der Waals surface area (Å²) in [7, 11) is 1.68. The van der Waals surface area contributed by atoms with Gasteiger partial charge in [-0.1, -0.05) is 31.9 Å². The van der Waals surface area contributed by atoms with E-state index in [9.17, 15) is 0 Å². The standard InChI is InChI=1S/C17H23N3O/c1-11-6-8-12(9-7-11)16-15(17(18)20-19-16)13-4-3-5-14(10-13)21-2/h3-5,10-12H,6-9H2,1-2H3,(H3,18,19,20). The van der Waals surface area contributed by atoms with Crippen molar-refractivity contribution in [2.24, 2.45) is 5.92 Å². The Morgan fingerprint density at radius 3 is 2.71 bits per heavy atom. The second-order valence-corrected chi connectivity index (χ2v) is 6.09. The van der Waals surface area contributed by atoms with Crippen LogP contribution in [-0.4, -0.2) is 17.3 Å². The summed E-state index contributed by atoms with van der Waals surface area (Å²) in [5, 5.41) is 7.43. The Hall–Kier alpha value is -1.97. The first-order valence-electron chi connectivity index (χ1n) is 7.67. The van der Waals surface area contributed by atoms with Gasteiger partial charge in [0.1, 0.15) is 5.75 Å². The summed E-state index contributed by atoms with van der Waals surface area (Å²) in [4.78, 5) is 0. The number of nitrogens with one attached hydrogen (secondary N) is 1. The summed E-state index contributed by atoms with van der Waals surface area (Å²) in [5.74, 6) is 2.79. The van der Waals surface area contributed by atoms with Gasteiger partial charge in [0, 0.05) is 17.2 Å². The smallest absolute Gasteiger partial charge is 0.153 e. The van der Waals surface area contributed by atoms with Crippen molar-refractivity contribution in [2.45, 2.75) is 38.5 Å². The minimum atomic E-state index is 0.534. The van der Waals surface area contributed by atoms with Gasteiger partial charge in [0.05, 0.1) is 7.11 Å². The zero-order chi connectivity index (χ0) is 14.8. The number of rotatable bonds is 3. The topological polar surface area (TPSA) is 63.9 Å². The highest BCUT2D eigenvalue weighted by atomic mass is 16.5. The van der Waals surface area contributed by atoms with Gasteiger partial charge in [-0.3, -0.25) is 5.10 Å². The summed E-state index contributed by atoms with van der Waals surface area (Å²) in [6.45, 7) is 2.33. The number of nitrogens with two attached hydrogens (primary N) is 1. The van der Waals surface area contributed by atoms with Gasteiger partial charge >= 0.3 is 0 Å². The van der Waals surface area contributed by atoms with E-state index in [0.29, 0.717) is 11.7 Å². The van der Waals surface area contributed by atoms with Gasteiger partial charge in [-0.15, -0.1) is 0 Å². The van der Waals surface area contributed by atoms with E-state index in [1.54, 1.807) is 7.11 Å². The summed E-state index contributed by atoms with van der Waals surface area (Å²) in [6.07, 6.45) is 4.97. The summed E-state index contributed by atoms with van der Waals surface area (Å²) >= 11 is 0. The molecule has 1 saturated carbocycles. The van der Waals surface area contributed by atoms with Gasteiger partial charge in [0.2, 0.25) is 0 Å². The van der Waals surface area contributed by atoms with E-state index in [-0.39, 0.29) is 0 Å². The van der Waals surface area contributed by atoms with Crippen molar-refractivity contribution in [3.05, 3.63) is 30.0 Å². The zero-order valence-corrected chi connectivity index (χ0v) is 12.7. The maximum absolute atomic E-state index is 6.12. The van der Waals surface area contributed by atoms with Crippen LogP contribution in [0.15, 0.2) is 24.3 Å². The Kier molecular flexibility index (Phi) is 3.86. The molecule has 0 saturated heterocycles. The zero-order valence-electron chi connectivity index (χ0n) is 12.7. The molecule has 3 N–H and O–H groups in total. The largest absolute Gasteiger partial charge is 0.497 e. The Morgan fingerprint density at radius 2 is 2.00 bits per heavy atom. The molecule has 112 valence electrons. The van der Waals surface area contributed by atoms with Crippen LogP contribution in [0.5, 0.6) is 5.75 Å². The van der Waals surface area contributed by atoms with Crippen molar-refractivity contribution in [3.8, 4) is 16.9 Å². The van der Waals surface area contributed by atoms with Gasteiger partial charge in [0.15, 0.2) is 5.82 Å². The third-order valence-corrected chi connectivity index (χ3v) is 4.60. The average molecular weight is 285 g/mol. The SMILES string of the molecule is COc1cccc(-c2c(N)n[nH]c2C2CCC(C)CC2)c1. The van der Waals surface area contributed by atoms with Gasteiger partial charge < -0.3 is 10.5 Å². The molecule has 4 nitrogen and oxygen atoms in total. The Morgan fingerprint density at radius 1 is 1.24 bits per heavy atom. The van der Waals surface area contributed by atoms with Crippen molar-refractivity contribution in [1.29, 1.82) is 0 Å². The van der Waals surface area contributed by atoms with E-state index in [4.69, 9.17) is 10.5 Å². The molecular weight excluding hydrogens is 262 g/mol. The Labute approximate surface area is 125 Å². The Balaban J connectivity index is 1.96. The molecule has 0 aliphatic heterocycles. The lowest BCUT2D eigenvalue weighted by Crippen LogP contribution is -2.12. The number of aromatic nitrogens is 2. The molecule has 1 aromatic carbocycles. The second kappa shape index (κ2) is 5.80. The summed E-state index contributed by atoms with van der Waals surface area (Å²) < 4.78 is 5.32. The maximum Gasteiger partial charge on any atom is 0.153 e. The highest BCUT2D eigenvalue weighted by molar-refractivity contribution is 5.77. The first kappa shape index (κ1) is 14.0. The fraction of sp³-hybridized carbons (Fsp3) is 0.471. The molecule has 0 bridgehead atoms. The van der Waals surface area contributed by atoms with Gasteiger partial charge in [0.25, 0.3) is 0 Å². The van der Waals surface area contributed by atoms with Crippen LogP contribution in [0.25, 0.3) is 11.1 Å². The monoisotopic (exact) mass is 285 g/mol. The lowest BCUT2D eigenvalue weighted by atomic mass is 9.80. The van der Waals surface area contributed by atoms with Crippen LogP contribution in [-0.2, 0) is 0 Å². The molecule has 4 heteroatoms. The van der Waals surface area contributed by atoms with Gasteiger partial charge in [-0.2, -0.15) is 5.10 Å². The molecule has 0 amide bonds. The number of hydrogen-bond acceptors (Lipinski definition) is 3. The number of hydrogen-bond donors (Lipinski definition) is 2. The Bertz CT molecular complexity index is 612.